The first kappa shape index (κ1) is 25.2. The number of hydrogen-bond acceptors (Lipinski definition) is 5. The van der Waals surface area contributed by atoms with Crippen molar-refractivity contribution in [1.82, 2.24) is 24.9 Å². The first-order valence-corrected chi connectivity index (χ1v) is 13.7. The summed E-state index contributed by atoms with van der Waals surface area (Å²) in [7, 11) is 0. The smallest absolute Gasteiger partial charge is 0.160 e. The lowest BCUT2D eigenvalue weighted by molar-refractivity contribution is 1.18. The Morgan fingerprint density at radius 1 is 0.310 bits per heavy atom. The fraction of sp³-hybridized carbons (Fsp3) is 0. The van der Waals surface area contributed by atoms with Crippen molar-refractivity contribution in [3.8, 4) is 67.4 Å². The van der Waals surface area contributed by atoms with Crippen LogP contribution in [0.25, 0.3) is 67.4 Å². The van der Waals surface area contributed by atoms with Crippen molar-refractivity contribution < 1.29 is 0 Å². The van der Waals surface area contributed by atoms with E-state index in [9.17, 15) is 0 Å². The summed E-state index contributed by atoms with van der Waals surface area (Å²) in [4.78, 5) is 22.8. The summed E-state index contributed by atoms with van der Waals surface area (Å²) in [6.07, 6.45) is 9.05. The van der Waals surface area contributed by atoms with Gasteiger partial charge >= 0.3 is 0 Å². The summed E-state index contributed by atoms with van der Waals surface area (Å²) in [5.41, 5.74) is 11.2. The highest BCUT2D eigenvalue weighted by Crippen LogP contribution is 2.31. The topological polar surface area (TPSA) is 64.5 Å². The Morgan fingerprint density at radius 3 is 1.17 bits per heavy atom. The fourth-order valence-corrected chi connectivity index (χ4v) is 4.95. The standard InChI is InChI=1S/C37H25N5/c1-2-20-40-34(3-1)30-12-14-33(15-13-30)37-41-35(31-8-4-26(5-9-31)28-16-21-38-22-17-28)25-36(42-37)32-10-6-27(7-11-32)29-18-23-39-24-19-29/h1-25H. The molecule has 0 unspecified atom stereocenters. The summed E-state index contributed by atoms with van der Waals surface area (Å²) >= 11 is 0. The molecule has 0 aliphatic carbocycles. The Bertz CT molecular complexity index is 1680. The number of rotatable bonds is 6. The van der Waals surface area contributed by atoms with Gasteiger partial charge in [-0.15, -0.1) is 0 Å². The van der Waals surface area contributed by atoms with E-state index in [0.717, 1.165) is 61.6 Å². The lowest BCUT2D eigenvalue weighted by atomic mass is 10.0. The number of pyridine rings is 3. The van der Waals surface area contributed by atoms with E-state index in [-0.39, 0.29) is 0 Å². The second-order valence-electron chi connectivity index (χ2n) is 9.88. The van der Waals surface area contributed by atoms with E-state index in [4.69, 9.17) is 9.97 Å². The van der Waals surface area contributed by atoms with Crippen LogP contribution in [0.5, 0.6) is 0 Å². The molecule has 0 bridgehead atoms. The minimum absolute atomic E-state index is 0.673. The molecule has 0 aliphatic heterocycles. The van der Waals surface area contributed by atoms with Crippen molar-refractivity contribution in [3.05, 3.63) is 152 Å². The highest BCUT2D eigenvalue weighted by molar-refractivity contribution is 5.76. The van der Waals surface area contributed by atoms with Crippen LogP contribution in [0.2, 0.25) is 0 Å². The third-order valence-corrected chi connectivity index (χ3v) is 7.22. The number of aromatic nitrogens is 5. The summed E-state index contributed by atoms with van der Waals surface area (Å²) in [6.45, 7) is 0. The van der Waals surface area contributed by atoms with Crippen molar-refractivity contribution in [2.45, 2.75) is 0 Å². The molecular weight excluding hydrogens is 514 g/mol. The van der Waals surface area contributed by atoms with Gasteiger partial charge in [0, 0.05) is 53.2 Å². The Kier molecular flexibility index (Phi) is 6.81. The molecular formula is C37H25N5. The van der Waals surface area contributed by atoms with Gasteiger partial charge in [-0.3, -0.25) is 15.0 Å². The molecule has 0 N–H and O–H groups in total. The molecule has 4 heterocycles. The molecule has 0 atom stereocenters. The van der Waals surface area contributed by atoms with Gasteiger partial charge in [-0.2, -0.15) is 0 Å². The average Bonchev–Trinajstić information content (AvgIpc) is 3.09. The van der Waals surface area contributed by atoms with Gasteiger partial charge in [-0.25, -0.2) is 9.97 Å². The largest absolute Gasteiger partial charge is 0.265 e. The maximum Gasteiger partial charge on any atom is 0.160 e. The molecule has 0 amide bonds. The van der Waals surface area contributed by atoms with Crippen LogP contribution in [0.3, 0.4) is 0 Å². The minimum atomic E-state index is 0.673. The van der Waals surface area contributed by atoms with Crippen LogP contribution in [-0.2, 0) is 0 Å². The molecule has 7 aromatic rings. The first-order chi connectivity index (χ1) is 20.8. The Labute approximate surface area is 244 Å². The van der Waals surface area contributed by atoms with E-state index < -0.39 is 0 Å². The van der Waals surface area contributed by atoms with Crippen LogP contribution in [0.1, 0.15) is 0 Å². The predicted octanol–water partition coefficient (Wildman–Crippen LogP) is 8.66. The first-order valence-electron chi connectivity index (χ1n) is 13.7. The molecule has 5 nitrogen and oxygen atoms in total. The summed E-state index contributed by atoms with van der Waals surface area (Å²) in [5.74, 6) is 0.673. The van der Waals surface area contributed by atoms with E-state index in [1.54, 1.807) is 0 Å². The Morgan fingerprint density at radius 2 is 0.714 bits per heavy atom. The zero-order chi connectivity index (χ0) is 28.1. The Hall–Kier alpha value is -5.81. The minimum Gasteiger partial charge on any atom is -0.265 e. The van der Waals surface area contributed by atoms with E-state index >= 15 is 0 Å². The predicted molar refractivity (Wildman–Crippen MR) is 168 cm³/mol. The van der Waals surface area contributed by atoms with Crippen LogP contribution >= 0.6 is 0 Å². The highest BCUT2D eigenvalue weighted by Gasteiger charge is 2.12. The second-order valence-corrected chi connectivity index (χ2v) is 9.88. The third-order valence-electron chi connectivity index (χ3n) is 7.22. The molecule has 0 saturated heterocycles. The van der Waals surface area contributed by atoms with Crippen molar-refractivity contribution in [2.24, 2.45) is 0 Å². The van der Waals surface area contributed by atoms with Gasteiger partial charge in [0.2, 0.25) is 0 Å². The van der Waals surface area contributed by atoms with Crippen LogP contribution in [0, 0.1) is 0 Å². The van der Waals surface area contributed by atoms with E-state index in [1.165, 1.54) is 0 Å². The summed E-state index contributed by atoms with van der Waals surface area (Å²) in [6, 6.07) is 41.3. The Balaban J connectivity index is 1.29. The van der Waals surface area contributed by atoms with Gasteiger partial charge in [-0.1, -0.05) is 78.9 Å². The van der Waals surface area contributed by atoms with E-state index in [2.05, 4.69) is 93.8 Å². The molecule has 0 spiro atoms. The van der Waals surface area contributed by atoms with Gasteiger partial charge in [0.15, 0.2) is 5.82 Å². The lowest BCUT2D eigenvalue weighted by Gasteiger charge is -2.11. The maximum absolute atomic E-state index is 5.03. The molecule has 5 heteroatoms. The van der Waals surface area contributed by atoms with Crippen molar-refractivity contribution in [1.29, 1.82) is 0 Å². The molecule has 0 radical (unpaired) electrons. The number of hydrogen-bond donors (Lipinski definition) is 0. The second kappa shape index (κ2) is 11.4. The van der Waals surface area contributed by atoms with Crippen LogP contribution in [-0.4, -0.2) is 24.9 Å². The summed E-state index contributed by atoms with van der Waals surface area (Å²) in [5, 5.41) is 0. The van der Waals surface area contributed by atoms with Gasteiger partial charge in [0.05, 0.1) is 17.1 Å². The zero-order valence-corrected chi connectivity index (χ0v) is 22.7. The molecule has 0 aliphatic rings. The molecule has 7 rings (SSSR count). The molecule has 0 fully saturated rings. The van der Waals surface area contributed by atoms with Gasteiger partial charge in [-0.05, 0) is 64.7 Å². The van der Waals surface area contributed by atoms with Crippen molar-refractivity contribution in [2.75, 3.05) is 0 Å². The van der Waals surface area contributed by atoms with Crippen LogP contribution in [0.15, 0.2) is 152 Å². The molecule has 4 aromatic heterocycles. The van der Waals surface area contributed by atoms with Gasteiger partial charge in [0.25, 0.3) is 0 Å². The van der Waals surface area contributed by atoms with Gasteiger partial charge in [0.1, 0.15) is 0 Å². The maximum atomic E-state index is 5.03. The van der Waals surface area contributed by atoms with E-state index in [1.807, 2.05) is 73.4 Å². The summed E-state index contributed by atoms with van der Waals surface area (Å²) < 4.78 is 0. The molecule has 198 valence electrons. The van der Waals surface area contributed by atoms with Crippen LogP contribution in [0.4, 0.5) is 0 Å². The third kappa shape index (κ3) is 5.31. The highest BCUT2D eigenvalue weighted by atomic mass is 14.9. The average molecular weight is 540 g/mol. The SMILES string of the molecule is c1ccc(-c2ccc(-c3nc(-c4ccc(-c5ccncc5)cc4)cc(-c4ccc(-c5ccncc5)cc4)n3)cc2)nc1. The molecule has 3 aromatic carbocycles. The normalized spacial score (nSPS) is 10.9. The fourth-order valence-electron chi connectivity index (χ4n) is 4.95. The molecule has 42 heavy (non-hydrogen) atoms. The van der Waals surface area contributed by atoms with Crippen molar-refractivity contribution >= 4 is 0 Å². The van der Waals surface area contributed by atoms with Gasteiger partial charge < -0.3 is 0 Å². The van der Waals surface area contributed by atoms with Crippen LogP contribution < -0.4 is 0 Å². The quantitative estimate of drug-likeness (QED) is 0.212. The monoisotopic (exact) mass is 539 g/mol. The van der Waals surface area contributed by atoms with Crippen molar-refractivity contribution in [3.63, 3.8) is 0 Å². The zero-order valence-electron chi connectivity index (χ0n) is 22.7. The van der Waals surface area contributed by atoms with E-state index in [0.29, 0.717) is 5.82 Å². The number of benzene rings is 3. The lowest BCUT2D eigenvalue weighted by Crippen LogP contribution is -1.96. The number of nitrogens with zero attached hydrogens (tertiary/aromatic N) is 5. The molecule has 0 saturated carbocycles.